The van der Waals surface area contributed by atoms with Gasteiger partial charge in [0.1, 0.15) is 5.75 Å². The van der Waals surface area contributed by atoms with Crippen molar-refractivity contribution < 1.29 is 14.3 Å². The first-order valence-electron chi connectivity index (χ1n) is 10.8. The Hall–Kier alpha value is -3.85. The number of hydrogen-bond acceptors (Lipinski definition) is 3. The van der Waals surface area contributed by atoms with E-state index in [0.717, 1.165) is 5.56 Å². The Morgan fingerprint density at radius 1 is 0.625 bits per heavy atom. The Bertz CT molecular complexity index is 1020. The van der Waals surface area contributed by atoms with E-state index in [2.05, 4.69) is 84.9 Å². The van der Waals surface area contributed by atoms with Crippen molar-refractivity contribution in [2.75, 3.05) is 13.2 Å². The monoisotopic (exact) mass is 422 g/mol. The first-order valence-corrected chi connectivity index (χ1v) is 10.8. The lowest BCUT2D eigenvalue weighted by atomic mass is 9.65. The summed E-state index contributed by atoms with van der Waals surface area (Å²) in [5, 5.41) is 0. The van der Waals surface area contributed by atoms with Crippen molar-refractivity contribution in [2.45, 2.75) is 12.3 Å². The molecular formula is C29H26O3. The Balaban J connectivity index is 1.84. The predicted octanol–water partition coefficient (Wildman–Crippen LogP) is 6.01. The van der Waals surface area contributed by atoms with Gasteiger partial charge in [-0.25, -0.2) is 4.79 Å². The molecule has 0 aliphatic heterocycles. The predicted molar refractivity (Wildman–Crippen MR) is 127 cm³/mol. The van der Waals surface area contributed by atoms with Gasteiger partial charge in [0.25, 0.3) is 0 Å². The molecule has 0 amide bonds. The molecule has 0 spiro atoms. The van der Waals surface area contributed by atoms with Crippen molar-refractivity contribution in [3.63, 3.8) is 0 Å². The number of hydrogen-bond donors (Lipinski definition) is 0. The summed E-state index contributed by atoms with van der Waals surface area (Å²) < 4.78 is 10.6. The zero-order valence-electron chi connectivity index (χ0n) is 18.1. The molecule has 0 heterocycles. The van der Waals surface area contributed by atoms with Crippen LogP contribution in [0, 0.1) is 0 Å². The second kappa shape index (κ2) is 9.97. The van der Waals surface area contributed by atoms with Gasteiger partial charge in [0.05, 0.1) is 12.0 Å². The third-order valence-corrected chi connectivity index (χ3v) is 5.57. The van der Waals surface area contributed by atoms with Crippen LogP contribution in [0.5, 0.6) is 5.75 Å². The molecule has 0 aliphatic rings. The van der Waals surface area contributed by atoms with Crippen LogP contribution in [0.25, 0.3) is 0 Å². The van der Waals surface area contributed by atoms with Gasteiger partial charge >= 0.3 is 5.97 Å². The highest BCUT2D eigenvalue weighted by Crippen LogP contribution is 2.45. The van der Waals surface area contributed by atoms with E-state index in [1.165, 1.54) is 16.7 Å². The summed E-state index contributed by atoms with van der Waals surface area (Å²) in [4.78, 5) is 11.7. The van der Waals surface area contributed by atoms with E-state index >= 15 is 0 Å². The van der Waals surface area contributed by atoms with Crippen molar-refractivity contribution >= 4 is 5.97 Å². The average Bonchev–Trinajstić information content (AvgIpc) is 2.86. The fourth-order valence-electron chi connectivity index (χ4n) is 4.21. The molecular weight excluding hydrogens is 396 g/mol. The molecule has 160 valence electrons. The zero-order valence-corrected chi connectivity index (χ0v) is 18.1. The fourth-order valence-corrected chi connectivity index (χ4v) is 4.21. The molecule has 4 aromatic carbocycles. The molecule has 0 saturated carbocycles. The molecule has 0 unspecified atom stereocenters. The Kier molecular flexibility index (Phi) is 6.66. The minimum absolute atomic E-state index is 0.103. The summed E-state index contributed by atoms with van der Waals surface area (Å²) in [5.41, 5.74) is 4.15. The normalized spacial score (nSPS) is 11.0. The summed E-state index contributed by atoms with van der Waals surface area (Å²) >= 11 is 0. The van der Waals surface area contributed by atoms with Gasteiger partial charge in [0.15, 0.2) is 6.61 Å². The molecule has 32 heavy (non-hydrogen) atoms. The lowest BCUT2D eigenvalue weighted by Gasteiger charge is -2.36. The highest BCUT2D eigenvalue weighted by molar-refractivity contribution is 5.71. The number of carbonyl (C=O) groups is 1. The number of rotatable bonds is 8. The van der Waals surface area contributed by atoms with Gasteiger partial charge in [-0.15, -0.1) is 0 Å². The smallest absolute Gasteiger partial charge is 0.344 e. The van der Waals surface area contributed by atoms with Gasteiger partial charge in [-0.2, -0.15) is 0 Å². The average molecular weight is 423 g/mol. The lowest BCUT2D eigenvalue weighted by molar-refractivity contribution is -0.145. The molecule has 0 atom stereocenters. The maximum Gasteiger partial charge on any atom is 0.344 e. The highest BCUT2D eigenvalue weighted by atomic mass is 16.6. The van der Waals surface area contributed by atoms with Gasteiger partial charge in [0.2, 0.25) is 0 Å². The van der Waals surface area contributed by atoms with E-state index in [1.807, 2.05) is 30.3 Å². The maximum absolute atomic E-state index is 11.7. The summed E-state index contributed by atoms with van der Waals surface area (Å²) in [5.74, 6) is 0.258. The highest BCUT2D eigenvalue weighted by Gasteiger charge is 2.38. The van der Waals surface area contributed by atoms with Crippen molar-refractivity contribution in [1.82, 2.24) is 0 Å². The van der Waals surface area contributed by atoms with E-state index < -0.39 is 5.41 Å². The second-order valence-corrected chi connectivity index (χ2v) is 7.47. The summed E-state index contributed by atoms with van der Waals surface area (Å²) in [6.07, 6.45) is 0. The third kappa shape index (κ3) is 4.28. The summed E-state index contributed by atoms with van der Waals surface area (Å²) in [7, 11) is 0. The number of benzene rings is 4. The van der Waals surface area contributed by atoms with Crippen molar-refractivity contribution in [2.24, 2.45) is 0 Å². The summed E-state index contributed by atoms with van der Waals surface area (Å²) in [6, 6.07) is 39.6. The molecule has 0 aliphatic carbocycles. The minimum Gasteiger partial charge on any atom is -0.482 e. The van der Waals surface area contributed by atoms with Crippen molar-refractivity contribution in [1.29, 1.82) is 0 Å². The first kappa shape index (κ1) is 21.4. The Morgan fingerprint density at radius 3 is 1.44 bits per heavy atom. The number of esters is 1. The Labute approximate surface area is 189 Å². The quantitative estimate of drug-likeness (QED) is 0.258. The molecule has 0 radical (unpaired) electrons. The van der Waals surface area contributed by atoms with Crippen LogP contribution in [-0.2, 0) is 14.9 Å². The molecule has 0 fully saturated rings. The number of ether oxygens (including phenoxy) is 2. The first-order chi connectivity index (χ1) is 15.7. The van der Waals surface area contributed by atoms with Gasteiger partial charge in [0, 0.05) is 0 Å². The van der Waals surface area contributed by atoms with Gasteiger partial charge in [-0.3, -0.25) is 0 Å². The largest absolute Gasteiger partial charge is 0.482 e. The standard InChI is InChI=1S/C29H26O3/c1-2-31-28(30)22-32-27-20-18-26(19-21-27)29(23-12-6-3-7-13-23,24-14-8-4-9-15-24)25-16-10-5-11-17-25/h3-21H,2,22H2,1H3. The minimum atomic E-state index is -0.497. The number of carbonyl (C=O) groups excluding carboxylic acids is 1. The topological polar surface area (TPSA) is 35.5 Å². The SMILES string of the molecule is CCOC(=O)COc1ccc(C(c2ccccc2)(c2ccccc2)c2ccccc2)cc1. The molecule has 4 aromatic rings. The van der Waals surface area contributed by atoms with Crippen LogP contribution in [0.2, 0.25) is 0 Å². The molecule has 4 rings (SSSR count). The Morgan fingerprint density at radius 2 is 1.03 bits per heavy atom. The lowest BCUT2D eigenvalue weighted by Crippen LogP contribution is -2.30. The maximum atomic E-state index is 11.7. The zero-order chi connectivity index (χ0) is 22.2. The molecule has 3 nitrogen and oxygen atoms in total. The molecule has 3 heteroatoms. The van der Waals surface area contributed by atoms with E-state index in [4.69, 9.17) is 9.47 Å². The van der Waals surface area contributed by atoms with Crippen LogP contribution in [0.1, 0.15) is 29.2 Å². The van der Waals surface area contributed by atoms with Crippen molar-refractivity contribution in [3.05, 3.63) is 138 Å². The van der Waals surface area contributed by atoms with E-state index in [1.54, 1.807) is 6.92 Å². The van der Waals surface area contributed by atoms with Crippen molar-refractivity contribution in [3.8, 4) is 5.75 Å². The van der Waals surface area contributed by atoms with Gasteiger partial charge in [-0.1, -0.05) is 103 Å². The molecule has 0 saturated heterocycles. The van der Waals surface area contributed by atoms with Crippen LogP contribution in [-0.4, -0.2) is 19.2 Å². The van der Waals surface area contributed by atoms with E-state index in [9.17, 15) is 4.79 Å². The van der Waals surface area contributed by atoms with Gasteiger partial charge in [-0.05, 0) is 41.3 Å². The molecule has 0 N–H and O–H groups in total. The molecule has 0 aromatic heterocycles. The third-order valence-electron chi connectivity index (χ3n) is 5.57. The van der Waals surface area contributed by atoms with Crippen LogP contribution in [0.3, 0.4) is 0 Å². The van der Waals surface area contributed by atoms with Crippen LogP contribution < -0.4 is 4.74 Å². The molecule has 0 bridgehead atoms. The summed E-state index contributed by atoms with van der Waals surface area (Å²) in [6.45, 7) is 2.02. The van der Waals surface area contributed by atoms with E-state index in [-0.39, 0.29) is 12.6 Å². The van der Waals surface area contributed by atoms with Crippen LogP contribution in [0.4, 0.5) is 0 Å². The van der Waals surface area contributed by atoms with Crippen LogP contribution >= 0.6 is 0 Å². The van der Waals surface area contributed by atoms with E-state index in [0.29, 0.717) is 12.4 Å². The fraction of sp³-hybridized carbons (Fsp3) is 0.138. The van der Waals surface area contributed by atoms with Gasteiger partial charge < -0.3 is 9.47 Å². The van der Waals surface area contributed by atoms with Crippen LogP contribution in [0.15, 0.2) is 115 Å². The second-order valence-electron chi connectivity index (χ2n) is 7.47.